The lowest BCUT2D eigenvalue weighted by molar-refractivity contribution is -0.148. The third-order valence-corrected chi connectivity index (χ3v) is 5.73. The number of anilines is 1. The lowest BCUT2D eigenvalue weighted by atomic mass is 9.86. The van der Waals surface area contributed by atoms with Crippen LogP contribution in [0.5, 0.6) is 0 Å². The molecule has 3 atom stereocenters. The Kier molecular flexibility index (Phi) is 5.05. The van der Waals surface area contributed by atoms with Gasteiger partial charge in [-0.05, 0) is 77.6 Å². The maximum Gasteiger partial charge on any atom is 0.306 e. The fraction of sp³-hybridized carbons (Fsp3) is 0.556. The number of amides is 1. The van der Waals surface area contributed by atoms with Crippen LogP contribution in [-0.4, -0.2) is 18.5 Å². The Morgan fingerprint density at radius 2 is 2.13 bits per heavy atom. The standard InChI is InChI=1S/C18H22BrNO3/c1-11-2-5-16(15(19)6-11)20-17(21)10-23-18(22)9-14-8-12-3-4-13(14)7-12/h2,5-6,12-14H,3-4,7-10H2,1H3,(H,20,21). The molecule has 0 radical (unpaired) electrons. The molecule has 4 nitrogen and oxygen atoms in total. The van der Waals surface area contributed by atoms with Gasteiger partial charge in [-0.2, -0.15) is 0 Å². The molecule has 0 aromatic heterocycles. The van der Waals surface area contributed by atoms with E-state index >= 15 is 0 Å². The molecule has 0 heterocycles. The van der Waals surface area contributed by atoms with Crippen molar-refractivity contribution < 1.29 is 14.3 Å². The first-order valence-electron chi connectivity index (χ1n) is 8.23. The molecule has 2 aliphatic carbocycles. The summed E-state index contributed by atoms with van der Waals surface area (Å²) in [5, 5.41) is 2.75. The zero-order valence-corrected chi connectivity index (χ0v) is 14.9. The van der Waals surface area contributed by atoms with E-state index in [9.17, 15) is 9.59 Å². The monoisotopic (exact) mass is 379 g/mol. The van der Waals surface area contributed by atoms with Gasteiger partial charge >= 0.3 is 5.97 Å². The molecular weight excluding hydrogens is 358 g/mol. The van der Waals surface area contributed by atoms with Crippen LogP contribution < -0.4 is 5.32 Å². The summed E-state index contributed by atoms with van der Waals surface area (Å²) < 4.78 is 5.96. The zero-order chi connectivity index (χ0) is 16.4. The van der Waals surface area contributed by atoms with Gasteiger partial charge in [0.25, 0.3) is 5.91 Å². The van der Waals surface area contributed by atoms with Crippen molar-refractivity contribution in [3.8, 4) is 0 Å². The predicted molar refractivity (Wildman–Crippen MR) is 92.0 cm³/mol. The van der Waals surface area contributed by atoms with E-state index in [1.165, 1.54) is 19.3 Å². The molecule has 5 heteroatoms. The maximum absolute atomic E-state index is 11.9. The highest BCUT2D eigenvalue weighted by Crippen LogP contribution is 2.49. The number of fused-ring (bicyclic) bond motifs is 2. The average molecular weight is 380 g/mol. The molecule has 2 fully saturated rings. The van der Waals surface area contributed by atoms with E-state index in [2.05, 4.69) is 21.2 Å². The average Bonchev–Trinajstić information content (AvgIpc) is 3.11. The van der Waals surface area contributed by atoms with Gasteiger partial charge in [-0.1, -0.05) is 12.5 Å². The van der Waals surface area contributed by atoms with Crippen LogP contribution in [0.25, 0.3) is 0 Å². The minimum absolute atomic E-state index is 0.222. The summed E-state index contributed by atoms with van der Waals surface area (Å²) >= 11 is 3.41. The predicted octanol–water partition coefficient (Wildman–Crippen LogP) is 4.07. The van der Waals surface area contributed by atoms with Crippen molar-refractivity contribution in [1.82, 2.24) is 0 Å². The molecule has 0 saturated heterocycles. The number of hydrogen-bond acceptors (Lipinski definition) is 3. The largest absolute Gasteiger partial charge is 0.456 e. The first kappa shape index (κ1) is 16.5. The first-order chi connectivity index (χ1) is 11.0. The Hall–Kier alpha value is -1.36. The van der Waals surface area contributed by atoms with E-state index in [0.29, 0.717) is 23.9 Å². The number of ether oxygens (including phenoxy) is 1. The third-order valence-electron chi connectivity index (χ3n) is 5.08. The van der Waals surface area contributed by atoms with Gasteiger partial charge in [0.2, 0.25) is 0 Å². The van der Waals surface area contributed by atoms with E-state index in [-0.39, 0.29) is 18.5 Å². The Morgan fingerprint density at radius 3 is 2.78 bits per heavy atom. The summed E-state index contributed by atoms with van der Waals surface area (Å²) in [6.45, 7) is 1.76. The highest BCUT2D eigenvalue weighted by Gasteiger charge is 2.40. The molecule has 1 N–H and O–H groups in total. The van der Waals surface area contributed by atoms with Crippen molar-refractivity contribution in [2.24, 2.45) is 17.8 Å². The molecule has 2 saturated carbocycles. The van der Waals surface area contributed by atoms with Crippen LogP contribution in [0.3, 0.4) is 0 Å². The van der Waals surface area contributed by atoms with Crippen LogP contribution in [0.1, 0.15) is 37.7 Å². The third kappa shape index (κ3) is 4.14. The highest BCUT2D eigenvalue weighted by molar-refractivity contribution is 9.10. The van der Waals surface area contributed by atoms with E-state index in [0.717, 1.165) is 22.4 Å². The Labute approximate surface area is 145 Å². The Morgan fingerprint density at radius 1 is 1.30 bits per heavy atom. The molecule has 1 amide bonds. The number of esters is 1. The van der Waals surface area contributed by atoms with E-state index in [1.807, 2.05) is 25.1 Å². The molecule has 0 aliphatic heterocycles. The number of carbonyl (C=O) groups is 2. The van der Waals surface area contributed by atoms with Crippen LogP contribution in [0.2, 0.25) is 0 Å². The van der Waals surface area contributed by atoms with Gasteiger partial charge in [-0.3, -0.25) is 9.59 Å². The topological polar surface area (TPSA) is 55.4 Å². The summed E-state index contributed by atoms with van der Waals surface area (Å²) in [5.41, 5.74) is 1.79. The quantitative estimate of drug-likeness (QED) is 0.784. The summed E-state index contributed by atoms with van der Waals surface area (Å²) in [4.78, 5) is 23.8. The molecule has 124 valence electrons. The Bertz CT molecular complexity index is 616. The van der Waals surface area contributed by atoms with Gasteiger partial charge in [0.1, 0.15) is 0 Å². The normalized spacial score (nSPS) is 25.4. The second kappa shape index (κ2) is 7.04. The van der Waals surface area contributed by atoms with Crippen LogP contribution in [0.4, 0.5) is 5.69 Å². The summed E-state index contributed by atoms with van der Waals surface area (Å²) in [5.74, 6) is 1.43. The van der Waals surface area contributed by atoms with Crippen LogP contribution >= 0.6 is 15.9 Å². The molecule has 23 heavy (non-hydrogen) atoms. The van der Waals surface area contributed by atoms with Crippen molar-refractivity contribution in [2.45, 2.75) is 39.0 Å². The van der Waals surface area contributed by atoms with Crippen molar-refractivity contribution in [3.05, 3.63) is 28.2 Å². The minimum atomic E-state index is -0.309. The molecule has 3 rings (SSSR count). The SMILES string of the molecule is Cc1ccc(NC(=O)COC(=O)CC2CC3CCC2C3)c(Br)c1. The van der Waals surface area contributed by atoms with E-state index < -0.39 is 0 Å². The van der Waals surface area contributed by atoms with Crippen molar-refractivity contribution >= 4 is 33.5 Å². The molecule has 1 aromatic carbocycles. The minimum Gasteiger partial charge on any atom is -0.456 e. The molecule has 0 spiro atoms. The Balaban J connectivity index is 1.42. The van der Waals surface area contributed by atoms with Crippen LogP contribution in [0, 0.1) is 24.7 Å². The fourth-order valence-electron chi connectivity index (χ4n) is 3.95. The summed E-state index contributed by atoms with van der Waals surface area (Å²) in [6.07, 6.45) is 5.47. The smallest absolute Gasteiger partial charge is 0.306 e. The lowest BCUT2D eigenvalue weighted by Crippen LogP contribution is -2.23. The number of benzene rings is 1. The molecule has 3 unspecified atom stereocenters. The number of rotatable bonds is 5. The van der Waals surface area contributed by atoms with Gasteiger partial charge < -0.3 is 10.1 Å². The molecule has 1 aromatic rings. The van der Waals surface area contributed by atoms with Gasteiger partial charge in [0.15, 0.2) is 6.61 Å². The van der Waals surface area contributed by atoms with Gasteiger partial charge in [-0.25, -0.2) is 0 Å². The van der Waals surface area contributed by atoms with Gasteiger partial charge in [0, 0.05) is 10.9 Å². The first-order valence-corrected chi connectivity index (χ1v) is 9.02. The molecule has 2 aliphatic rings. The van der Waals surface area contributed by atoms with Crippen molar-refractivity contribution in [3.63, 3.8) is 0 Å². The van der Waals surface area contributed by atoms with Crippen LogP contribution in [-0.2, 0) is 14.3 Å². The van der Waals surface area contributed by atoms with E-state index in [1.54, 1.807) is 0 Å². The van der Waals surface area contributed by atoms with Gasteiger partial charge in [-0.15, -0.1) is 0 Å². The number of carbonyl (C=O) groups excluding carboxylic acids is 2. The number of aryl methyl sites for hydroxylation is 1. The fourth-order valence-corrected chi connectivity index (χ4v) is 4.55. The van der Waals surface area contributed by atoms with Crippen molar-refractivity contribution in [2.75, 3.05) is 11.9 Å². The molecular formula is C18H22BrNO3. The molecule has 2 bridgehead atoms. The second-order valence-corrected chi connectivity index (χ2v) is 7.69. The summed E-state index contributed by atoms with van der Waals surface area (Å²) in [6, 6.07) is 5.67. The van der Waals surface area contributed by atoms with E-state index in [4.69, 9.17) is 4.74 Å². The van der Waals surface area contributed by atoms with Crippen molar-refractivity contribution in [1.29, 1.82) is 0 Å². The highest BCUT2D eigenvalue weighted by atomic mass is 79.9. The number of hydrogen-bond donors (Lipinski definition) is 1. The number of nitrogens with one attached hydrogen (secondary N) is 1. The maximum atomic E-state index is 11.9. The van der Waals surface area contributed by atoms with Crippen LogP contribution in [0.15, 0.2) is 22.7 Å². The lowest BCUT2D eigenvalue weighted by Gasteiger charge is -2.20. The number of halogens is 1. The summed E-state index contributed by atoms with van der Waals surface area (Å²) in [7, 11) is 0. The second-order valence-electron chi connectivity index (χ2n) is 6.83. The van der Waals surface area contributed by atoms with Gasteiger partial charge in [0.05, 0.1) is 5.69 Å². The zero-order valence-electron chi connectivity index (χ0n) is 13.3.